The SMILES string of the molecule is c1cc(Nc2nccn3nc4c(c23)CCCC4)[nH]n1. The molecule has 0 atom stereocenters. The molecule has 2 N–H and O–H groups in total. The molecule has 0 spiro atoms. The third-order valence-corrected chi connectivity index (χ3v) is 3.57. The number of anilines is 2. The van der Waals surface area contributed by atoms with Crippen molar-refractivity contribution in [3.8, 4) is 0 Å². The fraction of sp³-hybridized carbons (Fsp3) is 0.308. The van der Waals surface area contributed by atoms with Gasteiger partial charge in [-0.2, -0.15) is 10.2 Å². The summed E-state index contributed by atoms with van der Waals surface area (Å²) < 4.78 is 1.93. The molecule has 4 rings (SSSR count). The fourth-order valence-electron chi connectivity index (χ4n) is 2.71. The first-order chi connectivity index (χ1) is 9.42. The van der Waals surface area contributed by atoms with Gasteiger partial charge >= 0.3 is 0 Å². The third kappa shape index (κ3) is 1.68. The lowest BCUT2D eigenvalue weighted by Gasteiger charge is -2.10. The molecule has 0 amide bonds. The Hall–Kier alpha value is -2.37. The predicted molar refractivity (Wildman–Crippen MR) is 71.5 cm³/mol. The van der Waals surface area contributed by atoms with Gasteiger partial charge in [-0.05, 0) is 25.7 Å². The van der Waals surface area contributed by atoms with Gasteiger partial charge in [-0.3, -0.25) is 5.10 Å². The first kappa shape index (κ1) is 10.5. The highest BCUT2D eigenvalue weighted by Gasteiger charge is 2.19. The topological polar surface area (TPSA) is 70.9 Å². The minimum absolute atomic E-state index is 0.836. The molecule has 0 unspecified atom stereocenters. The molecule has 3 heterocycles. The summed E-state index contributed by atoms with van der Waals surface area (Å²) in [5, 5.41) is 14.8. The van der Waals surface area contributed by atoms with Crippen LogP contribution < -0.4 is 5.32 Å². The fourth-order valence-corrected chi connectivity index (χ4v) is 2.71. The van der Waals surface area contributed by atoms with E-state index in [-0.39, 0.29) is 0 Å². The van der Waals surface area contributed by atoms with Crippen LogP contribution in [0.3, 0.4) is 0 Å². The molecule has 96 valence electrons. The van der Waals surface area contributed by atoms with Crippen LogP contribution in [0.2, 0.25) is 0 Å². The van der Waals surface area contributed by atoms with Crippen molar-refractivity contribution in [1.29, 1.82) is 0 Å². The number of rotatable bonds is 2. The standard InChI is InChI=1S/C13H14N6/c1-2-4-10-9(3-1)12-13(14-7-8-19(12)18-10)16-11-5-6-15-17-11/h5-8H,1-4H2,(H2,14,15,16,17). The van der Waals surface area contributed by atoms with Crippen molar-refractivity contribution >= 4 is 17.2 Å². The van der Waals surface area contributed by atoms with E-state index in [1.807, 2.05) is 16.8 Å². The predicted octanol–water partition coefficient (Wildman–Crippen LogP) is 2.07. The highest BCUT2D eigenvalue weighted by molar-refractivity contribution is 5.76. The molecule has 0 fully saturated rings. The van der Waals surface area contributed by atoms with E-state index in [0.29, 0.717) is 0 Å². The van der Waals surface area contributed by atoms with Gasteiger partial charge in [0.2, 0.25) is 0 Å². The van der Waals surface area contributed by atoms with E-state index < -0.39 is 0 Å². The number of aryl methyl sites for hydroxylation is 2. The van der Waals surface area contributed by atoms with Gasteiger partial charge in [0, 0.05) is 24.0 Å². The van der Waals surface area contributed by atoms with Crippen LogP contribution >= 0.6 is 0 Å². The van der Waals surface area contributed by atoms with Gasteiger partial charge in [0.1, 0.15) is 11.3 Å². The van der Waals surface area contributed by atoms with Crippen LogP contribution in [-0.2, 0) is 12.8 Å². The van der Waals surface area contributed by atoms with Crippen molar-refractivity contribution in [3.63, 3.8) is 0 Å². The molecule has 0 saturated carbocycles. The summed E-state index contributed by atoms with van der Waals surface area (Å²) in [5.41, 5.74) is 3.64. The lowest BCUT2D eigenvalue weighted by Crippen LogP contribution is -2.02. The summed E-state index contributed by atoms with van der Waals surface area (Å²) in [6, 6.07) is 1.88. The summed E-state index contributed by atoms with van der Waals surface area (Å²) in [4.78, 5) is 4.44. The van der Waals surface area contributed by atoms with Crippen molar-refractivity contribution in [2.24, 2.45) is 0 Å². The normalized spacial score (nSPS) is 14.5. The number of hydrogen-bond donors (Lipinski definition) is 2. The molecule has 0 bridgehead atoms. The maximum Gasteiger partial charge on any atom is 0.157 e. The zero-order valence-electron chi connectivity index (χ0n) is 10.4. The quantitative estimate of drug-likeness (QED) is 0.734. The number of nitrogens with one attached hydrogen (secondary N) is 2. The molecular weight excluding hydrogens is 240 g/mol. The van der Waals surface area contributed by atoms with E-state index in [1.54, 1.807) is 12.4 Å². The van der Waals surface area contributed by atoms with Gasteiger partial charge in [-0.1, -0.05) is 0 Å². The monoisotopic (exact) mass is 254 g/mol. The van der Waals surface area contributed by atoms with Gasteiger partial charge < -0.3 is 5.32 Å². The van der Waals surface area contributed by atoms with Gasteiger partial charge in [0.05, 0.1) is 11.9 Å². The number of nitrogens with zero attached hydrogens (tertiary/aromatic N) is 4. The Kier molecular flexibility index (Phi) is 2.26. The van der Waals surface area contributed by atoms with Crippen molar-refractivity contribution in [3.05, 3.63) is 35.9 Å². The maximum absolute atomic E-state index is 4.65. The lowest BCUT2D eigenvalue weighted by molar-refractivity contribution is 0.673. The molecule has 0 aliphatic heterocycles. The minimum Gasteiger partial charge on any atom is -0.324 e. The van der Waals surface area contributed by atoms with Gasteiger partial charge in [-0.25, -0.2) is 9.50 Å². The average Bonchev–Trinajstić information content (AvgIpc) is 3.05. The highest BCUT2D eigenvalue weighted by Crippen LogP contribution is 2.29. The summed E-state index contributed by atoms with van der Waals surface area (Å²) >= 11 is 0. The Bertz CT molecular complexity index is 712. The number of hydrogen-bond acceptors (Lipinski definition) is 4. The smallest absolute Gasteiger partial charge is 0.157 e. The van der Waals surface area contributed by atoms with Gasteiger partial charge in [-0.15, -0.1) is 0 Å². The molecule has 0 saturated heterocycles. The molecule has 1 aliphatic carbocycles. The minimum atomic E-state index is 0.836. The highest BCUT2D eigenvalue weighted by atomic mass is 15.3. The van der Waals surface area contributed by atoms with Gasteiger partial charge in [0.15, 0.2) is 5.82 Å². The van der Waals surface area contributed by atoms with Crippen molar-refractivity contribution in [1.82, 2.24) is 24.8 Å². The molecule has 3 aromatic rings. The summed E-state index contributed by atoms with van der Waals surface area (Å²) in [6.07, 6.45) is 10.0. The number of aromatic amines is 1. The van der Waals surface area contributed by atoms with E-state index in [0.717, 1.165) is 30.0 Å². The van der Waals surface area contributed by atoms with Crippen LogP contribution in [0, 0.1) is 0 Å². The number of fused-ring (bicyclic) bond motifs is 3. The molecule has 1 aliphatic rings. The van der Waals surface area contributed by atoms with Crippen LogP contribution in [0.15, 0.2) is 24.7 Å². The van der Waals surface area contributed by atoms with E-state index >= 15 is 0 Å². The Morgan fingerprint density at radius 2 is 2.16 bits per heavy atom. The first-order valence-corrected chi connectivity index (χ1v) is 6.53. The van der Waals surface area contributed by atoms with Crippen molar-refractivity contribution in [2.45, 2.75) is 25.7 Å². The van der Waals surface area contributed by atoms with Crippen LogP contribution in [0.5, 0.6) is 0 Å². The van der Waals surface area contributed by atoms with Crippen molar-refractivity contribution < 1.29 is 0 Å². The van der Waals surface area contributed by atoms with Crippen LogP contribution in [-0.4, -0.2) is 24.8 Å². The first-order valence-electron chi connectivity index (χ1n) is 6.53. The Labute approximate surface area is 109 Å². The number of aromatic nitrogens is 5. The molecule has 0 aromatic carbocycles. The lowest BCUT2D eigenvalue weighted by atomic mass is 9.97. The molecule has 6 nitrogen and oxygen atoms in total. The van der Waals surface area contributed by atoms with E-state index in [2.05, 4.69) is 25.6 Å². The Morgan fingerprint density at radius 3 is 3.05 bits per heavy atom. The van der Waals surface area contributed by atoms with Gasteiger partial charge in [0.25, 0.3) is 0 Å². The summed E-state index contributed by atoms with van der Waals surface area (Å²) in [6.45, 7) is 0. The van der Waals surface area contributed by atoms with Crippen molar-refractivity contribution in [2.75, 3.05) is 5.32 Å². The van der Waals surface area contributed by atoms with E-state index in [9.17, 15) is 0 Å². The maximum atomic E-state index is 4.65. The van der Waals surface area contributed by atoms with Crippen LogP contribution in [0.4, 0.5) is 11.6 Å². The largest absolute Gasteiger partial charge is 0.324 e. The van der Waals surface area contributed by atoms with E-state index in [4.69, 9.17) is 0 Å². The Balaban J connectivity index is 1.88. The molecule has 6 heteroatoms. The van der Waals surface area contributed by atoms with E-state index in [1.165, 1.54) is 24.1 Å². The number of H-pyrrole nitrogens is 1. The second kappa shape index (κ2) is 4.08. The molecule has 3 aromatic heterocycles. The Morgan fingerprint density at radius 1 is 1.21 bits per heavy atom. The average molecular weight is 254 g/mol. The summed E-state index contributed by atoms with van der Waals surface area (Å²) in [5.74, 6) is 1.67. The second-order valence-corrected chi connectivity index (χ2v) is 4.80. The van der Waals surface area contributed by atoms with Crippen LogP contribution in [0.1, 0.15) is 24.1 Å². The summed E-state index contributed by atoms with van der Waals surface area (Å²) in [7, 11) is 0. The molecule has 19 heavy (non-hydrogen) atoms. The molecule has 0 radical (unpaired) electrons. The third-order valence-electron chi connectivity index (χ3n) is 3.57. The van der Waals surface area contributed by atoms with Crippen LogP contribution in [0.25, 0.3) is 5.52 Å². The zero-order valence-corrected chi connectivity index (χ0v) is 10.4. The second-order valence-electron chi connectivity index (χ2n) is 4.80. The molecular formula is C13H14N6. The zero-order chi connectivity index (χ0) is 12.7.